The third kappa shape index (κ3) is 2.42. The summed E-state index contributed by atoms with van der Waals surface area (Å²) in [5, 5.41) is 9.08. The zero-order valence-corrected chi connectivity index (χ0v) is 10.5. The Morgan fingerprint density at radius 2 is 2.06 bits per heavy atom. The maximum Gasteiger partial charge on any atom is 0.314 e. The molecule has 0 aliphatic rings. The molecule has 1 aromatic heterocycles. The van der Waals surface area contributed by atoms with Gasteiger partial charge in [0.1, 0.15) is 11.7 Å². The van der Waals surface area contributed by atoms with Crippen LogP contribution in [0.15, 0.2) is 30.5 Å². The molecule has 0 spiro atoms. The summed E-state index contributed by atoms with van der Waals surface area (Å²) in [6, 6.07) is 8.03. The predicted octanol–water partition coefficient (Wildman–Crippen LogP) is 2.96. The minimum absolute atomic E-state index is 0.514. The molecule has 0 radical (unpaired) electrons. The summed E-state index contributed by atoms with van der Waals surface area (Å²) in [5.41, 5.74) is 3.06. The van der Waals surface area contributed by atoms with E-state index in [0.29, 0.717) is 12.2 Å². The van der Waals surface area contributed by atoms with Crippen molar-refractivity contribution < 1.29 is 9.90 Å². The average molecular weight is 244 g/mol. The van der Waals surface area contributed by atoms with E-state index in [4.69, 9.17) is 5.11 Å². The first-order valence-electron chi connectivity index (χ1n) is 5.96. The molecular weight excluding hydrogens is 228 g/mol. The number of carboxylic acid groups (broad SMARTS) is 1. The molecule has 0 saturated heterocycles. The third-order valence-corrected chi connectivity index (χ3v) is 2.99. The normalized spacial score (nSPS) is 12.3. The number of aromatic amines is 1. The molecule has 4 nitrogen and oxygen atoms in total. The van der Waals surface area contributed by atoms with Crippen LogP contribution < -0.4 is 0 Å². The topological polar surface area (TPSA) is 66.0 Å². The van der Waals surface area contributed by atoms with E-state index < -0.39 is 11.9 Å². The zero-order valence-electron chi connectivity index (χ0n) is 10.5. The minimum atomic E-state index is -0.845. The number of carboxylic acids is 1. The summed E-state index contributed by atoms with van der Waals surface area (Å²) in [7, 11) is 0. The molecule has 1 heterocycles. The highest BCUT2D eigenvalue weighted by Crippen LogP contribution is 2.22. The molecule has 4 heteroatoms. The van der Waals surface area contributed by atoms with Crippen LogP contribution in [0.25, 0.3) is 11.3 Å². The average Bonchev–Trinajstić information content (AvgIpc) is 2.80. The van der Waals surface area contributed by atoms with E-state index in [9.17, 15) is 4.79 Å². The number of benzene rings is 1. The number of imidazole rings is 1. The van der Waals surface area contributed by atoms with E-state index in [-0.39, 0.29) is 0 Å². The summed E-state index contributed by atoms with van der Waals surface area (Å²) >= 11 is 0. The van der Waals surface area contributed by atoms with Crippen LogP contribution in [0.3, 0.4) is 0 Å². The van der Waals surface area contributed by atoms with Crippen LogP contribution in [0.5, 0.6) is 0 Å². The molecule has 1 aromatic carbocycles. The standard InChI is InChI=1S/C14H16N2O2/c1-3-11(14(17)18)13-15-8-12(16-13)10-6-4-9(2)5-7-10/h4-8,11H,3H2,1-2H3,(H,15,16)(H,17,18). The molecule has 1 unspecified atom stereocenters. The second-order valence-corrected chi connectivity index (χ2v) is 4.35. The van der Waals surface area contributed by atoms with E-state index in [1.807, 2.05) is 38.1 Å². The molecule has 1 atom stereocenters. The maximum absolute atomic E-state index is 11.1. The number of aromatic nitrogens is 2. The molecule has 0 aliphatic carbocycles. The Kier molecular flexibility index (Phi) is 3.46. The van der Waals surface area contributed by atoms with E-state index in [1.54, 1.807) is 6.20 Å². The summed E-state index contributed by atoms with van der Waals surface area (Å²) in [4.78, 5) is 18.3. The van der Waals surface area contributed by atoms with E-state index in [2.05, 4.69) is 9.97 Å². The molecular formula is C14H16N2O2. The van der Waals surface area contributed by atoms with Gasteiger partial charge < -0.3 is 10.1 Å². The van der Waals surface area contributed by atoms with Crippen LogP contribution in [0.1, 0.15) is 30.7 Å². The van der Waals surface area contributed by atoms with Crippen molar-refractivity contribution >= 4 is 5.97 Å². The molecule has 2 N–H and O–H groups in total. The van der Waals surface area contributed by atoms with Gasteiger partial charge in [-0.15, -0.1) is 0 Å². The highest BCUT2D eigenvalue weighted by molar-refractivity contribution is 5.75. The number of carbonyl (C=O) groups is 1. The van der Waals surface area contributed by atoms with Gasteiger partial charge in [-0.3, -0.25) is 4.79 Å². The third-order valence-electron chi connectivity index (χ3n) is 2.99. The quantitative estimate of drug-likeness (QED) is 0.868. The Hall–Kier alpha value is -2.10. The molecule has 0 saturated carbocycles. The van der Waals surface area contributed by atoms with Crippen molar-refractivity contribution in [3.8, 4) is 11.3 Å². The van der Waals surface area contributed by atoms with Crippen LogP contribution >= 0.6 is 0 Å². The monoisotopic (exact) mass is 244 g/mol. The number of rotatable bonds is 4. The Morgan fingerprint density at radius 1 is 1.39 bits per heavy atom. The lowest BCUT2D eigenvalue weighted by atomic mass is 10.1. The molecule has 94 valence electrons. The fourth-order valence-corrected chi connectivity index (χ4v) is 1.88. The van der Waals surface area contributed by atoms with Crippen LogP contribution in [0.2, 0.25) is 0 Å². The van der Waals surface area contributed by atoms with E-state index in [0.717, 1.165) is 11.3 Å². The smallest absolute Gasteiger partial charge is 0.314 e. The Balaban J connectivity index is 2.30. The van der Waals surface area contributed by atoms with Gasteiger partial charge in [-0.2, -0.15) is 0 Å². The van der Waals surface area contributed by atoms with Crippen LogP contribution in [-0.4, -0.2) is 21.0 Å². The number of nitrogens with zero attached hydrogens (tertiary/aromatic N) is 1. The van der Waals surface area contributed by atoms with Crippen molar-refractivity contribution in [1.29, 1.82) is 0 Å². The maximum atomic E-state index is 11.1. The number of hydrogen-bond donors (Lipinski definition) is 2. The Morgan fingerprint density at radius 3 is 2.61 bits per heavy atom. The van der Waals surface area contributed by atoms with Gasteiger partial charge in [-0.25, -0.2) is 4.98 Å². The number of hydrogen-bond acceptors (Lipinski definition) is 2. The summed E-state index contributed by atoms with van der Waals surface area (Å²) in [6.45, 7) is 3.87. The van der Waals surface area contributed by atoms with Crippen molar-refractivity contribution in [3.05, 3.63) is 41.9 Å². The van der Waals surface area contributed by atoms with E-state index >= 15 is 0 Å². The summed E-state index contributed by atoms with van der Waals surface area (Å²) in [6.07, 6.45) is 2.21. The minimum Gasteiger partial charge on any atom is -0.481 e. The molecule has 0 amide bonds. The van der Waals surface area contributed by atoms with Crippen molar-refractivity contribution in [2.24, 2.45) is 0 Å². The lowest BCUT2D eigenvalue weighted by Crippen LogP contribution is -2.11. The highest BCUT2D eigenvalue weighted by atomic mass is 16.4. The highest BCUT2D eigenvalue weighted by Gasteiger charge is 2.20. The van der Waals surface area contributed by atoms with Gasteiger partial charge in [-0.05, 0) is 18.9 Å². The molecule has 2 rings (SSSR count). The largest absolute Gasteiger partial charge is 0.481 e. The van der Waals surface area contributed by atoms with Crippen molar-refractivity contribution in [2.75, 3.05) is 0 Å². The summed E-state index contributed by atoms with van der Waals surface area (Å²) < 4.78 is 0. The van der Waals surface area contributed by atoms with Gasteiger partial charge in [0.15, 0.2) is 0 Å². The SMILES string of the molecule is CCC(C(=O)O)c1ncc(-c2ccc(C)cc2)[nH]1. The zero-order chi connectivity index (χ0) is 13.1. The van der Waals surface area contributed by atoms with Crippen molar-refractivity contribution in [2.45, 2.75) is 26.2 Å². The van der Waals surface area contributed by atoms with E-state index in [1.165, 1.54) is 5.56 Å². The van der Waals surface area contributed by atoms with Gasteiger partial charge in [0.2, 0.25) is 0 Å². The molecule has 18 heavy (non-hydrogen) atoms. The second kappa shape index (κ2) is 5.04. The van der Waals surface area contributed by atoms with Crippen LogP contribution in [0, 0.1) is 6.92 Å². The van der Waals surface area contributed by atoms with Gasteiger partial charge >= 0.3 is 5.97 Å². The van der Waals surface area contributed by atoms with Crippen LogP contribution in [-0.2, 0) is 4.79 Å². The first kappa shape index (κ1) is 12.4. The first-order chi connectivity index (χ1) is 8.61. The first-order valence-corrected chi connectivity index (χ1v) is 5.96. The van der Waals surface area contributed by atoms with Crippen LogP contribution in [0.4, 0.5) is 0 Å². The predicted molar refractivity (Wildman–Crippen MR) is 69.4 cm³/mol. The van der Waals surface area contributed by atoms with Crippen molar-refractivity contribution in [1.82, 2.24) is 9.97 Å². The number of nitrogens with one attached hydrogen (secondary N) is 1. The number of H-pyrrole nitrogens is 1. The molecule has 0 bridgehead atoms. The lowest BCUT2D eigenvalue weighted by molar-refractivity contribution is -0.139. The van der Waals surface area contributed by atoms with Gasteiger partial charge in [0, 0.05) is 0 Å². The molecule has 0 aliphatic heterocycles. The second-order valence-electron chi connectivity index (χ2n) is 4.35. The van der Waals surface area contributed by atoms with Gasteiger partial charge in [0.05, 0.1) is 11.9 Å². The number of aryl methyl sites for hydroxylation is 1. The van der Waals surface area contributed by atoms with Crippen molar-refractivity contribution in [3.63, 3.8) is 0 Å². The molecule has 2 aromatic rings. The van der Waals surface area contributed by atoms with Gasteiger partial charge in [0.25, 0.3) is 0 Å². The Labute approximate surface area is 106 Å². The van der Waals surface area contributed by atoms with Gasteiger partial charge in [-0.1, -0.05) is 36.8 Å². The summed E-state index contributed by atoms with van der Waals surface area (Å²) in [5.74, 6) is -0.896. The Bertz CT molecular complexity index is 543. The fourth-order valence-electron chi connectivity index (χ4n) is 1.88. The fraction of sp³-hybridized carbons (Fsp3) is 0.286. The number of aliphatic carboxylic acids is 1. The lowest BCUT2D eigenvalue weighted by Gasteiger charge is -2.05. The molecule has 0 fully saturated rings.